The van der Waals surface area contributed by atoms with Crippen molar-refractivity contribution in [3.63, 3.8) is 0 Å². The summed E-state index contributed by atoms with van der Waals surface area (Å²) < 4.78 is 0. The molecule has 1 aliphatic carbocycles. The summed E-state index contributed by atoms with van der Waals surface area (Å²) in [6.45, 7) is 1.70. The van der Waals surface area contributed by atoms with Gasteiger partial charge in [0.25, 0.3) is 0 Å². The molecule has 0 aromatic rings. The van der Waals surface area contributed by atoms with E-state index in [4.69, 9.17) is 10.8 Å². The van der Waals surface area contributed by atoms with Crippen LogP contribution in [0.15, 0.2) is 0 Å². The highest BCUT2D eigenvalue weighted by Crippen LogP contribution is 2.33. The molecule has 1 saturated carbocycles. The second-order valence-corrected chi connectivity index (χ2v) is 4.88. The zero-order valence-electron chi connectivity index (χ0n) is 9.06. The van der Waals surface area contributed by atoms with Crippen LogP contribution in [0.1, 0.15) is 25.7 Å². The Morgan fingerprint density at radius 2 is 2.20 bits per heavy atom. The van der Waals surface area contributed by atoms with Gasteiger partial charge in [0.15, 0.2) is 0 Å². The first kappa shape index (κ1) is 10.9. The fourth-order valence-corrected chi connectivity index (χ4v) is 2.23. The van der Waals surface area contributed by atoms with E-state index in [1.54, 1.807) is 0 Å². The first-order chi connectivity index (χ1) is 7.20. The molecule has 2 rings (SSSR count). The topological polar surface area (TPSA) is 66.6 Å². The molecule has 0 aromatic carbocycles. The number of aliphatic hydroxyl groups is 1. The van der Waals surface area contributed by atoms with E-state index in [9.17, 15) is 4.79 Å². The van der Waals surface area contributed by atoms with Gasteiger partial charge in [-0.1, -0.05) is 0 Å². The minimum atomic E-state index is 0.0608. The lowest BCUT2D eigenvalue weighted by molar-refractivity contribution is -0.130. The van der Waals surface area contributed by atoms with Crippen molar-refractivity contribution in [2.45, 2.75) is 31.7 Å². The van der Waals surface area contributed by atoms with E-state index in [1.165, 1.54) is 12.8 Å². The van der Waals surface area contributed by atoms with Crippen molar-refractivity contribution >= 4 is 5.91 Å². The van der Waals surface area contributed by atoms with Crippen LogP contribution < -0.4 is 5.73 Å². The Bertz CT molecular complexity index is 241. The summed E-state index contributed by atoms with van der Waals surface area (Å²) in [7, 11) is 0. The van der Waals surface area contributed by atoms with Crippen LogP contribution in [0.5, 0.6) is 0 Å². The van der Waals surface area contributed by atoms with E-state index >= 15 is 0 Å². The Balaban J connectivity index is 1.75. The van der Waals surface area contributed by atoms with E-state index in [-0.39, 0.29) is 24.5 Å². The fraction of sp³-hybridized carbons (Fsp3) is 0.909. The Hall–Kier alpha value is -0.610. The van der Waals surface area contributed by atoms with E-state index in [0.29, 0.717) is 18.9 Å². The number of hydrogen-bond donors (Lipinski definition) is 2. The third-order valence-electron chi connectivity index (χ3n) is 3.53. The van der Waals surface area contributed by atoms with Gasteiger partial charge in [-0.2, -0.15) is 0 Å². The van der Waals surface area contributed by atoms with Crippen LogP contribution in [0.25, 0.3) is 0 Å². The van der Waals surface area contributed by atoms with Crippen molar-refractivity contribution in [3.05, 3.63) is 0 Å². The minimum absolute atomic E-state index is 0.0608. The standard InChI is InChI=1S/C11H20N2O2/c12-10(9-1-2-9)5-11(15)13-4-3-8(6-13)7-14/h8-10,14H,1-7,12H2. The smallest absolute Gasteiger partial charge is 0.224 e. The number of carbonyl (C=O) groups is 1. The second-order valence-electron chi connectivity index (χ2n) is 4.88. The molecule has 15 heavy (non-hydrogen) atoms. The van der Waals surface area contributed by atoms with E-state index in [0.717, 1.165) is 13.0 Å². The van der Waals surface area contributed by atoms with Gasteiger partial charge in [-0.05, 0) is 25.2 Å². The van der Waals surface area contributed by atoms with Gasteiger partial charge in [-0.25, -0.2) is 0 Å². The summed E-state index contributed by atoms with van der Waals surface area (Å²) in [5.74, 6) is 1.04. The summed E-state index contributed by atoms with van der Waals surface area (Å²) in [5, 5.41) is 8.98. The van der Waals surface area contributed by atoms with Gasteiger partial charge in [-0.15, -0.1) is 0 Å². The van der Waals surface area contributed by atoms with Crippen LogP contribution in [0.3, 0.4) is 0 Å². The average Bonchev–Trinajstić information content (AvgIpc) is 2.96. The van der Waals surface area contributed by atoms with Gasteiger partial charge >= 0.3 is 0 Å². The quantitative estimate of drug-likeness (QED) is 0.687. The molecule has 2 fully saturated rings. The second kappa shape index (κ2) is 4.49. The van der Waals surface area contributed by atoms with Crippen molar-refractivity contribution in [2.75, 3.05) is 19.7 Å². The molecule has 1 amide bonds. The average molecular weight is 212 g/mol. The predicted molar refractivity (Wildman–Crippen MR) is 57.1 cm³/mol. The molecular weight excluding hydrogens is 192 g/mol. The molecule has 4 nitrogen and oxygen atoms in total. The third kappa shape index (κ3) is 2.69. The van der Waals surface area contributed by atoms with Crippen LogP contribution in [-0.4, -0.2) is 41.7 Å². The SMILES string of the molecule is NC(CC(=O)N1CCC(CO)C1)C1CC1. The molecule has 1 aliphatic heterocycles. The summed E-state index contributed by atoms with van der Waals surface area (Å²) in [4.78, 5) is 13.7. The molecule has 1 heterocycles. The molecule has 0 spiro atoms. The molecule has 4 heteroatoms. The fourth-order valence-electron chi connectivity index (χ4n) is 2.23. The minimum Gasteiger partial charge on any atom is -0.396 e. The van der Waals surface area contributed by atoms with Crippen molar-refractivity contribution in [1.29, 1.82) is 0 Å². The maximum absolute atomic E-state index is 11.8. The lowest BCUT2D eigenvalue weighted by atomic mass is 10.1. The number of amides is 1. The zero-order chi connectivity index (χ0) is 10.8. The molecule has 3 N–H and O–H groups in total. The highest BCUT2D eigenvalue weighted by atomic mass is 16.3. The number of hydrogen-bond acceptors (Lipinski definition) is 3. The molecular formula is C11H20N2O2. The van der Waals surface area contributed by atoms with Gasteiger partial charge in [0.1, 0.15) is 0 Å². The molecule has 2 atom stereocenters. The van der Waals surface area contributed by atoms with Crippen LogP contribution in [-0.2, 0) is 4.79 Å². The summed E-state index contributed by atoms with van der Waals surface area (Å²) in [6.07, 6.45) is 3.80. The van der Waals surface area contributed by atoms with Gasteiger partial charge < -0.3 is 15.7 Å². The van der Waals surface area contributed by atoms with E-state index in [2.05, 4.69) is 0 Å². The Morgan fingerprint density at radius 3 is 2.73 bits per heavy atom. The Morgan fingerprint density at radius 1 is 1.47 bits per heavy atom. The normalized spacial score (nSPS) is 28.1. The largest absolute Gasteiger partial charge is 0.396 e. The number of nitrogens with two attached hydrogens (primary N) is 1. The summed E-state index contributed by atoms with van der Waals surface area (Å²) in [5.41, 5.74) is 5.92. The number of nitrogens with zero attached hydrogens (tertiary/aromatic N) is 1. The van der Waals surface area contributed by atoms with Gasteiger partial charge in [-0.3, -0.25) is 4.79 Å². The van der Waals surface area contributed by atoms with E-state index < -0.39 is 0 Å². The van der Waals surface area contributed by atoms with Crippen LogP contribution in [0, 0.1) is 11.8 Å². The van der Waals surface area contributed by atoms with Crippen LogP contribution >= 0.6 is 0 Å². The van der Waals surface area contributed by atoms with Crippen molar-refractivity contribution in [1.82, 2.24) is 4.90 Å². The Kier molecular flexibility index (Phi) is 3.26. The van der Waals surface area contributed by atoms with Crippen molar-refractivity contribution < 1.29 is 9.90 Å². The van der Waals surface area contributed by atoms with Crippen molar-refractivity contribution in [3.8, 4) is 0 Å². The molecule has 86 valence electrons. The lowest BCUT2D eigenvalue weighted by Gasteiger charge is -2.18. The first-order valence-electron chi connectivity index (χ1n) is 5.85. The third-order valence-corrected chi connectivity index (χ3v) is 3.53. The molecule has 0 aromatic heterocycles. The number of rotatable bonds is 4. The molecule has 1 saturated heterocycles. The highest BCUT2D eigenvalue weighted by molar-refractivity contribution is 5.77. The molecule has 2 unspecified atom stereocenters. The maximum Gasteiger partial charge on any atom is 0.224 e. The number of aliphatic hydroxyl groups excluding tert-OH is 1. The van der Waals surface area contributed by atoms with Crippen LogP contribution in [0.2, 0.25) is 0 Å². The highest BCUT2D eigenvalue weighted by Gasteiger charge is 2.32. The molecule has 2 aliphatic rings. The molecule has 0 radical (unpaired) electrons. The Labute approximate surface area is 90.4 Å². The van der Waals surface area contributed by atoms with Crippen LogP contribution in [0.4, 0.5) is 0 Å². The first-order valence-corrected chi connectivity index (χ1v) is 5.85. The summed E-state index contributed by atoms with van der Waals surface area (Å²) in [6, 6.07) is 0.0608. The number of likely N-dealkylation sites (tertiary alicyclic amines) is 1. The lowest BCUT2D eigenvalue weighted by Crippen LogP contribution is -2.35. The maximum atomic E-state index is 11.8. The number of carbonyl (C=O) groups excluding carboxylic acids is 1. The summed E-state index contributed by atoms with van der Waals surface area (Å²) >= 11 is 0. The van der Waals surface area contributed by atoms with E-state index in [1.807, 2.05) is 4.90 Å². The van der Waals surface area contributed by atoms with Gasteiger partial charge in [0.2, 0.25) is 5.91 Å². The van der Waals surface area contributed by atoms with Crippen molar-refractivity contribution in [2.24, 2.45) is 17.6 Å². The van der Waals surface area contributed by atoms with Gasteiger partial charge in [0, 0.05) is 38.1 Å². The molecule has 0 bridgehead atoms. The predicted octanol–water partition coefficient (Wildman–Crippen LogP) is -0.0454. The zero-order valence-corrected chi connectivity index (χ0v) is 9.06. The van der Waals surface area contributed by atoms with Gasteiger partial charge in [0.05, 0.1) is 0 Å². The monoisotopic (exact) mass is 212 g/mol.